The van der Waals surface area contributed by atoms with Crippen LogP contribution in [0.5, 0.6) is 0 Å². The first-order valence-corrected chi connectivity index (χ1v) is 7.36. The van der Waals surface area contributed by atoms with E-state index in [1.807, 2.05) is 24.6 Å². The van der Waals surface area contributed by atoms with Gasteiger partial charge in [0.15, 0.2) is 5.13 Å². The molecule has 17 heavy (non-hydrogen) atoms. The molecule has 1 aromatic rings. The molecule has 0 aromatic carbocycles. The summed E-state index contributed by atoms with van der Waals surface area (Å²) in [6.07, 6.45) is 4.64. The Morgan fingerprint density at radius 3 is 2.76 bits per heavy atom. The van der Waals surface area contributed by atoms with Gasteiger partial charge in [0.1, 0.15) is 0 Å². The SMILES string of the molecule is CNCc1cnc(N2CCC(C(C)C)CC2)s1. The number of thiazole rings is 1. The largest absolute Gasteiger partial charge is 0.348 e. The predicted molar refractivity (Wildman–Crippen MR) is 74.7 cm³/mol. The van der Waals surface area contributed by atoms with Crippen molar-refractivity contribution in [2.45, 2.75) is 33.2 Å². The maximum atomic E-state index is 4.53. The van der Waals surface area contributed by atoms with Gasteiger partial charge in [-0.05, 0) is 31.7 Å². The number of piperidine rings is 1. The van der Waals surface area contributed by atoms with E-state index in [0.717, 1.165) is 18.4 Å². The van der Waals surface area contributed by atoms with Crippen LogP contribution < -0.4 is 10.2 Å². The van der Waals surface area contributed by atoms with Crippen molar-refractivity contribution in [1.29, 1.82) is 0 Å². The highest BCUT2D eigenvalue weighted by atomic mass is 32.1. The number of nitrogens with one attached hydrogen (secondary N) is 1. The lowest BCUT2D eigenvalue weighted by molar-refractivity contribution is 0.311. The third-order valence-electron chi connectivity index (χ3n) is 3.65. The maximum absolute atomic E-state index is 4.53. The average molecular weight is 253 g/mol. The molecule has 1 aliphatic rings. The van der Waals surface area contributed by atoms with Crippen molar-refractivity contribution in [2.24, 2.45) is 11.8 Å². The molecule has 96 valence electrons. The van der Waals surface area contributed by atoms with Crippen LogP contribution in [0.3, 0.4) is 0 Å². The van der Waals surface area contributed by atoms with Crippen LogP contribution in [-0.4, -0.2) is 25.1 Å². The number of aromatic nitrogens is 1. The van der Waals surface area contributed by atoms with E-state index in [2.05, 4.69) is 29.0 Å². The van der Waals surface area contributed by atoms with Crippen molar-refractivity contribution in [1.82, 2.24) is 10.3 Å². The van der Waals surface area contributed by atoms with Gasteiger partial charge in [0.2, 0.25) is 0 Å². The minimum Gasteiger partial charge on any atom is -0.348 e. The number of anilines is 1. The molecule has 1 aromatic heterocycles. The Morgan fingerprint density at radius 2 is 2.18 bits per heavy atom. The van der Waals surface area contributed by atoms with Crippen molar-refractivity contribution < 1.29 is 0 Å². The molecule has 1 aliphatic heterocycles. The van der Waals surface area contributed by atoms with Crippen LogP contribution >= 0.6 is 11.3 Å². The van der Waals surface area contributed by atoms with Gasteiger partial charge in [-0.3, -0.25) is 0 Å². The lowest BCUT2D eigenvalue weighted by Crippen LogP contribution is -2.35. The molecule has 2 heterocycles. The van der Waals surface area contributed by atoms with E-state index >= 15 is 0 Å². The first-order chi connectivity index (χ1) is 8.20. The van der Waals surface area contributed by atoms with Crippen molar-refractivity contribution in [3.05, 3.63) is 11.1 Å². The molecule has 0 aliphatic carbocycles. The fraction of sp³-hybridized carbons (Fsp3) is 0.769. The van der Waals surface area contributed by atoms with Crippen LogP contribution in [-0.2, 0) is 6.54 Å². The monoisotopic (exact) mass is 253 g/mol. The molecule has 0 atom stereocenters. The standard InChI is InChI=1S/C13H23N3S/c1-10(2)11-4-6-16(7-5-11)13-15-9-12(17-13)8-14-3/h9-11,14H,4-8H2,1-3H3. The summed E-state index contributed by atoms with van der Waals surface area (Å²) < 4.78 is 0. The molecule has 3 nitrogen and oxygen atoms in total. The minimum absolute atomic E-state index is 0.827. The first kappa shape index (κ1) is 12.8. The van der Waals surface area contributed by atoms with Gasteiger partial charge in [0.05, 0.1) is 0 Å². The van der Waals surface area contributed by atoms with Crippen LogP contribution in [0.4, 0.5) is 5.13 Å². The molecule has 0 amide bonds. The maximum Gasteiger partial charge on any atom is 0.185 e. The molecule has 0 radical (unpaired) electrons. The summed E-state index contributed by atoms with van der Waals surface area (Å²) in [7, 11) is 1.98. The zero-order valence-corrected chi connectivity index (χ0v) is 11.9. The first-order valence-electron chi connectivity index (χ1n) is 6.55. The topological polar surface area (TPSA) is 28.2 Å². The second-order valence-corrected chi connectivity index (χ2v) is 6.30. The summed E-state index contributed by atoms with van der Waals surface area (Å²) in [5.41, 5.74) is 0. The molecule has 0 unspecified atom stereocenters. The predicted octanol–water partition coefficient (Wildman–Crippen LogP) is 2.73. The van der Waals surface area contributed by atoms with E-state index in [1.165, 1.54) is 35.9 Å². The fourth-order valence-electron chi connectivity index (χ4n) is 2.46. The Morgan fingerprint density at radius 1 is 1.47 bits per heavy atom. The number of nitrogens with zero attached hydrogens (tertiary/aromatic N) is 2. The van der Waals surface area contributed by atoms with Crippen LogP contribution in [0.25, 0.3) is 0 Å². The van der Waals surface area contributed by atoms with Crippen LogP contribution in [0, 0.1) is 11.8 Å². The number of hydrogen-bond acceptors (Lipinski definition) is 4. The van der Waals surface area contributed by atoms with Gasteiger partial charge >= 0.3 is 0 Å². The van der Waals surface area contributed by atoms with Crippen molar-refractivity contribution >= 4 is 16.5 Å². The van der Waals surface area contributed by atoms with Crippen LogP contribution in [0.1, 0.15) is 31.6 Å². The van der Waals surface area contributed by atoms with Gasteiger partial charge < -0.3 is 10.2 Å². The highest BCUT2D eigenvalue weighted by molar-refractivity contribution is 7.15. The van der Waals surface area contributed by atoms with Crippen molar-refractivity contribution in [3.63, 3.8) is 0 Å². The highest BCUT2D eigenvalue weighted by Crippen LogP contribution is 2.30. The molecule has 1 saturated heterocycles. The number of rotatable bonds is 4. The molecular formula is C13H23N3S. The summed E-state index contributed by atoms with van der Waals surface area (Å²) >= 11 is 1.83. The van der Waals surface area contributed by atoms with E-state index in [4.69, 9.17) is 0 Å². The molecule has 4 heteroatoms. The number of hydrogen-bond donors (Lipinski definition) is 1. The van der Waals surface area contributed by atoms with E-state index in [0.29, 0.717) is 0 Å². The Kier molecular flexibility index (Phi) is 4.40. The minimum atomic E-state index is 0.827. The van der Waals surface area contributed by atoms with Crippen LogP contribution in [0.2, 0.25) is 0 Å². The lowest BCUT2D eigenvalue weighted by Gasteiger charge is -2.33. The van der Waals surface area contributed by atoms with E-state index in [1.54, 1.807) is 0 Å². The fourth-order valence-corrected chi connectivity index (χ4v) is 3.43. The summed E-state index contributed by atoms with van der Waals surface area (Å²) in [5.74, 6) is 1.73. The van der Waals surface area contributed by atoms with Gasteiger partial charge in [-0.25, -0.2) is 4.98 Å². The Bertz CT molecular complexity index is 340. The zero-order chi connectivity index (χ0) is 12.3. The van der Waals surface area contributed by atoms with Gasteiger partial charge in [0, 0.05) is 30.7 Å². The highest BCUT2D eigenvalue weighted by Gasteiger charge is 2.22. The summed E-state index contributed by atoms with van der Waals surface area (Å²) in [6, 6.07) is 0. The Hall–Kier alpha value is -0.610. The second-order valence-electron chi connectivity index (χ2n) is 5.21. The second kappa shape index (κ2) is 5.83. The molecule has 0 bridgehead atoms. The summed E-state index contributed by atoms with van der Waals surface area (Å²) in [4.78, 5) is 8.31. The smallest absolute Gasteiger partial charge is 0.185 e. The third-order valence-corrected chi connectivity index (χ3v) is 4.70. The third kappa shape index (κ3) is 3.19. The van der Waals surface area contributed by atoms with Crippen LogP contribution in [0.15, 0.2) is 6.20 Å². The molecule has 1 fully saturated rings. The van der Waals surface area contributed by atoms with Crippen molar-refractivity contribution in [3.8, 4) is 0 Å². The Labute approximate surface area is 108 Å². The van der Waals surface area contributed by atoms with Gasteiger partial charge in [-0.1, -0.05) is 13.8 Å². The zero-order valence-electron chi connectivity index (χ0n) is 11.1. The van der Waals surface area contributed by atoms with E-state index in [9.17, 15) is 0 Å². The molecule has 0 spiro atoms. The van der Waals surface area contributed by atoms with Crippen molar-refractivity contribution in [2.75, 3.05) is 25.0 Å². The molecule has 2 rings (SSSR count). The Balaban J connectivity index is 1.91. The van der Waals surface area contributed by atoms with E-state index < -0.39 is 0 Å². The van der Waals surface area contributed by atoms with Gasteiger partial charge in [0.25, 0.3) is 0 Å². The van der Waals surface area contributed by atoms with Gasteiger partial charge in [-0.15, -0.1) is 11.3 Å². The quantitative estimate of drug-likeness (QED) is 0.894. The molecule has 0 saturated carbocycles. The van der Waals surface area contributed by atoms with Gasteiger partial charge in [-0.2, -0.15) is 0 Å². The molecular weight excluding hydrogens is 230 g/mol. The average Bonchev–Trinajstić information content (AvgIpc) is 2.78. The lowest BCUT2D eigenvalue weighted by atomic mass is 9.87. The summed E-state index contributed by atoms with van der Waals surface area (Å²) in [6.45, 7) is 7.97. The normalized spacial score (nSPS) is 18.0. The van der Waals surface area contributed by atoms with E-state index in [-0.39, 0.29) is 0 Å². The molecule has 1 N–H and O–H groups in total. The summed E-state index contributed by atoms with van der Waals surface area (Å²) in [5, 5.41) is 4.38.